The van der Waals surface area contributed by atoms with Gasteiger partial charge in [-0.2, -0.15) is 0 Å². The third-order valence-corrected chi connectivity index (χ3v) is 11.6. The zero-order valence-electron chi connectivity index (χ0n) is 34.0. The fourth-order valence-corrected chi connectivity index (χ4v) is 8.33. The first kappa shape index (κ1) is 43.2. The minimum Gasteiger partial charge on any atom is -0.449 e. The van der Waals surface area contributed by atoms with Crippen LogP contribution in [0.3, 0.4) is 0 Å². The van der Waals surface area contributed by atoms with Crippen LogP contribution < -0.4 is 21.3 Å². The van der Waals surface area contributed by atoms with Gasteiger partial charge in [0.05, 0.1) is 19.2 Å². The first-order valence-electron chi connectivity index (χ1n) is 19.7. The van der Waals surface area contributed by atoms with E-state index in [1.807, 2.05) is 34.6 Å². The Labute approximate surface area is 325 Å². The first-order chi connectivity index (χ1) is 25.8. The summed E-state index contributed by atoms with van der Waals surface area (Å²) in [6.07, 6.45) is 3.79. The summed E-state index contributed by atoms with van der Waals surface area (Å²) in [4.78, 5) is 97.5. The number of likely N-dealkylation sites (tertiary alicyclic amines) is 1. The largest absolute Gasteiger partial charge is 0.449 e. The molecule has 1 aromatic rings. The van der Waals surface area contributed by atoms with Crippen LogP contribution in [0.1, 0.15) is 98.6 Å². The van der Waals surface area contributed by atoms with E-state index in [0.29, 0.717) is 12.1 Å². The molecule has 1 saturated heterocycles. The van der Waals surface area contributed by atoms with Gasteiger partial charge < -0.3 is 35.8 Å². The lowest BCUT2D eigenvalue weighted by molar-refractivity contribution is -0.146. The second-order valence-corrected chi connectivity index (χ2v) is 17.6. The highest BCUT2D eigenvalue weighted by atomic mass is 16.5. The summed E-state index contributed by atoms with van der Waals surface area (Å²) in [6, 6.07) is 4.60. The van der Waals surface area contributed by atoms with Crippen LogP contribution >= 0.6 is 0 Å². The number of likely N-dealkylation sites (N-methyl/N-ethyl adjacent to an activating group) is 1. The van der Waals surface area contributed by atoms with Crippen molar-refractivity contribution in [2.24, 2.45) is 34.5 Å². The molecule has 0 spiro atoms. The first-order valence-corrected chi connectivity index (χ1v) is 19.7. The lowest BCUT2D eigenvalue weighted by Gasteiger charge is -2.43. The third kappa shape index (κ3) is 10.4. The van der Waals surface area contributed by atoms with E-state index in [2.05, 4.69) is 35.1 Å². The van der Waals surface area contributed by atoms with E-state index in [1.165, 1.54) is 4.90 Å². The molecule has 2 aliphatic carbocycles. The Kier molecular flexibility index (Phi) is 14.1. The number of ketones is 1. The summed E-state index contributed by atoms with van der Waals surface area (Å²) in [6.45, 7) is 13.6. The molecule has 304 valence electrons. The number of Topliss-reactive ketones (excluding diaryl/α,β-unsaturated/α-hetero) is 1. The number of hydrogen-bond acceptors (Lipinski definition) is 8. The van der Waals surface area contributed by atoms with Crippen LogP contribution in [0.2, 0.25) is 0 Å². The van der Waals surface area contributed by atoms with Gasteiger partial charge in [-0.05, 0) is 59.3 Å². The highest BCUT2D eigenvalue weighted by molar-refractivity contribution is 6.38. The Bertz CT molecular complexity index is 1590. The molecule has 14 heteroatoms. The lowest BCUT2D eigenvalue weighted by Crippen LogP contribution is -2.61. The normalized spacial score (nSPS) is 22.4. The number of amides is 6. The maximum atomic E-state index is 14.6. The molecule has 0 bridgehead atoms. The Morgan fingerprint density at radius 1 is 0.873 bits per heavy atom. The maximum absolute atomic E-state index is 14.6. The summed E-state index contributed by atoms with van der Waals surface area (Å²) in [5.41, 5.74) is -0.226. The predicted octanol–water partition coefficient (Wildman–Crippen LogP) is 3.35. The Morgan fingerprint density at radius 3 is 2.09 bits per heavy atom. The predicted molar refractivity (Wildman–Crippen MR) is 206 cm³/mol. The second-order valence-electron chi connectivity index (χ2n) is 17.6. The molecule has 1 aliphatic heterocycles. The molecule has 1 heterocycles. The summed E-state index contributed by atoms with van der Waals surface area (Å²) < 4.78 is 5.43. The molecule has 1 aromatic carbocycles. The molecule has 4 rings (SSSR count). The minimum absolute atomic E-state index is 0.0417. The number of fused-ring (bicyclic) bond motifs is 1. The molecule has 6 amide bonds. The van der Waals surface area contributed by atoms with Crippen molar-refractivity contribution in [1.29, 1.82) is 0 Å². The van der Waals surface area contributed by atoms with Gasteiger partial charge in [-0.15, -0.1) is 0 Å². The van der Waals surface area contributed by atoms with Gasteiger partial charge in [-0.25, -0.2) is 4.79 Å². The summed E-state index contributed by atoms with van der Waals surface area (Å²) in [5.74, 6) is -4.07. The summed E-state index contributed by atoms with van der Waals surface area (Å²) in [7, 11) is 3.13. The zero-order chi connectivity index (χ0) is 40.8. The topological polar surface area (TPSA) is 183 Å². The fraction of sp³-hybridized carbons (Fsp3) is 0.683. The number of rotatable bonds is 16. The van der Waals surface area contributed by atoms with Crippen molar-refractivity contribution < 1.29 is 38.3 Å². The van der Waals surface area contributed by atoms with Gasteiger partial charge in [0.15, 0.2) is 0 Å². The van der Waals surface area contributed by atoms with Crippen LogP contribution in [0.15, 0.2) is 30.3 Å². The second kappa shape index (κ2) is 18.0. The van der Waals surface area contributed by atoms with Gasteiger partial charge in [-0.1, -0.05) is 98.1 Å². The van der Waals surface area contributed by atoms with Crippen LogP contribution in [0.25, 0.3) is 0 Å². The number of benzene rings is 1. The van der Waals surface area contributed by atoms with Crippen molar-refractivity contribution >= 4 is 41.4 Å². The average Bonchev–Trinajstić information content (AvgIpc) is 3.43. The van der Waals surface area contributed by atoms with Crippen molar-refractivity contribution in [2.75, 3.05) is 33.8 Å². The van der Waals surface area contributed by atoms with Crippen molar-refractivity contribution in [3.63, 3.8) is 0 Å². The highest BCUT2D eigenvalue weighted by Crippen LogP contribution is 2.65. The Morgan fingerprint density at radius 2 is 1.51 bits per heavy atom. The van der Waals surface area contributed by atoms with Gasteiger partial charge in [0.2, 0.25) is 29.4 Å². The van der Waals surface area contributed by atoms with Crippen molar-refractivity contribution in [2.45, 2.75) is 111 Å². The molecule has 6 atom stereocenters. The monoisotopic (exact) mass is 766 g/mol. The van der Waals surface area contributed by atoms with Crippen LogP contribution in [0.5, 0.6) is 0 Å². The van der Waals surface area contributed by atoms with Gasteiger partial charge in [0, 0.05) is 20.6 Å². The van der Waals surface area contributed by atoms with Crippen LogP contribution in [0, 0.1) is 34.5 Å². The molecule has 4 N–H and O–H groups in total. The van der Waals surface area contributed by atoms with Gasteiger partial charge in [0.25, 0.3) is 5.91 Å². The quantitative estimate of drug-likeness (QED) is 0.185. The third-order valence-electron chi connectivity index (χ3n) is 11.6. The molecule has 2 saturated carbocycles. The number of nitrogens with one attached hydrogen (secondary N) is 4. The van der Waals surface area contributed by atoms with Crippen molar-refractivity contribution in [3.05, 3.63) is 35.9 Å². The standard InChI is InChI=1S/C41H62N6O8/c1-24(2)20-28(33(49)36(51)42-21-29(48)44-31(37(52)46(8)9)26-16-12-10-13-17-26)43-35(50)32-30-27(40(30,5)6)22-47(32)38(53)34(41(7)18-14-11-15-19-41)45-39(54)55-23-25(3)4/h10,12-13,16-17,24-25,27-28,30-32,34H,11,14-15,18-23H2,1-9H3,(H,42,51)(H,43,50)(H,44,48)(H,45,54)/t27-,28-,30-,31-,32-,34+/m0/s1. The van der Waals surface area contributed by atoms with E-state index in [4.69, 9.17) is 4.74 Å². The molecular formula is C41H62N6O8. The number of ether oxygens (including phenoxy) is 1. The van der Waals surface area contributed by atoms with E-state index < -0.39 is 65.7 Å². The molecule has 3 aliphatic rings. The SMILES string of the molecule is CC(C)COC(=O)N[C@H](C(=O)N1C[C@H]2[C@@H]([C@H]1C(=O)N[C@@H](CC(C)C)C(=O)C(=O)NCC(=O)N[C@H](C(=O)N(C)C)c1ccccc1)C2(C)C)C1(C)CCCCC1. The van der Waals surface area contributed by atoms with E-state index in [1.54, 1.807) is 49.3 Å². The number of carbonyl (C=O) groups is 7. The lowest BCUT2D eigenvalue weighted by atomic mass is 9.70. The van der Waals surface area contributed by atoms with Crippen molar-refractivity contribution in [1.82, 2.24) is 31.1 Å². The molecule has 0 radical (unpaired) electrons. The van der Waals surface area contributed by atoms with Crippen LogP contribution in [0.4, 0.5) is 4.79 Å². The van der Waals surface area contributed by atoms with E-state index in [-0.39, 0.29) is 53.9 Å². The molecular weight excluding hydrogens is 704 g/mol. The van der Waals surface area contributed by atoms with Crippen LogP contribution in [-0.2, 0) is 33.5 Å². The van der Waals surface area contributed by atoms with E-state index in [9.17, 15) is 33.6 Å². The van der Waals surface area contributed by atoms with Gasteiger partial charge >= 0.3 is 6.09 Å². The number of nitrogens with zero attached hydrogens (tertiary/aromatic N) is 2. The smallest absolute Gasteiger partial charge is 0.407 e. The molecule has 55 heavy (non-hydrogen) atoms. The number of hydrogen-bond donors (Lipinski definition) is 4. The maximum Gasteiger partial charge on any atom is 0.407 e. The number of piperidine rings is 1. The fourth-order valence-electron chi connectivity index (χ4n) is 8.33. The summed E-state index contributed by atoms with van der Waals surface area (Å²) in [5, 5.41) is 10.7. The van der Waals surface area contributed by atoms with E-state index in [0.717, 1.165) is 32.1 Å². The van der Waals surface area contributed by atoms with Crippen LogP contribution in [-0.4, -0.2) is 103 Å². The average molecular weight is 767 g/mol. The molecule has 0 aromatic heterocycles. The summed E-state index contributed by atoms with van der Waals surface area (Å²) >= 11 is 0. The molecule has 0 unspecified atom stereocenters. The zero-order valence-corrected chi connectivity index (χ0v) is 34.0. The van der Waals surface area contributed by atoms with Crippen molar-refractivity contribution in [3.8, 4) is 0 Å². The minimum atomic E-state index is -1.23. The Hall–Kier alpha value is -4.49. The van der Waals surface area contributed by atoms with Gasteiger partial charge in [-0.3, -0.25) is 28.8 Å². The molecule has 3 fully saturated rings. The van der Waals surface area contributed by atoms with Gasteiger partial charge in [0.1, 0.15) is 18.1 Å². The highest BCUT2D eigenvalue weighted by Gasteiger charge is 2.70. The molecule has 14 nitrogen and oxygen atoms in total. The Balaban J connectivity index is 1.49. The number of alkyl carbamates (subject to hydrolysis) is 1. The van der Waals surface area contributed by atoms with E-state index >= 15 is 0 Å². The number of carbonyl (C=O) groups excluding carboxylic acids is 7.